The second-order valence-electron chi connectivity index (χ2n) is 1.44. The second kappa shape index (κ2) is 8.97. The first-order valence-corrected chi connectivity index (χ1v) is 4.58. The smallest absolute Gasteiger partial charge is 0.725 e. The molecule has 0 fully saturated rings. The van der Waals surface area contributed by atoms with Gasteiger partial charge in [-0.25, -0.2) is 12.0 Å². The molecule has 0 aliphatic heterocycles. The van der Waals surface area contributed by atoms with Crippen molar-refractivity contribution in [2.24, 2.45) is 0 Å². The topological polar surface area (TPSA) is 86.7 Å². The fourth-order valence-corrected chi connectivity index (χ4v) is 1.05. The fraction of sp³-hybridized carbons (Fsp3) is 1.00. The molecule has 0 aromatic heterocycles. The van der Waals surface area contributed by atoms with Crippen LogP contribution in [0.5, 0.6) is 0 Å². The van der Waals surface area contributed by atoms with Gasteiger partial charge in [0.2, 0.25) is 10.4 Å². The maximum atomic E-state index is 9.74. The summed E-state index contributed by atoms with van der Waals surface area (Å²) in [4.78, 5) is 0. The monoisotopic (exact) mass is 242 g/mol. The van der Waals surface area contributed by atoms with Crippen molar-refractivity contribution in [3.63, 3.8) is 0 Å². The van der Waals surface area contributed by atoms with Crippen LogP contribution in [0.25, 0.3) is 0 Å². The normalized spacial score (nSPS) is 12.6. The molecule has 0 aromatic rings. The van der Waals surface area contributed by atoms with Gasteiger partial charge in [0.1, 0.15) is 5.44 Å². The molecule has 0 aromatic carbocycles. The predicted octanol–water partition coefficient (Wildman–Crippen LogP) is -4.61. The predicted molar refractivity (Wildman–Crippen MR) is 46.0 cm³/mol. The van der Waals surface area contributed by atoms with Crippen LogP contribution in [0.15, 0.2) is 0 Å². The third kappa shape index (κ3) is 14.0. The van der Waals surface area contributed by atoms with Crippen LogP contribution in [0.2, 0.25) is 0 Å². The zero-order chi connectivity index (χ0) is 8.20. The van der Waals surface area contributed by atoms with Crippen molar-refractivity contribution in [2.75, 3.05) is 0 Å². The van der Waals surface area contributed by atoms with E-state index in [1.165, 1.54) is 0 Å². The van der Waals surface area contributed by atoms with Crippen LogP contribution in [0.4, 0.5) is 0 Å². The van der Waals surface area contributed by atoms with Gasteiger partial charge in [-0.2, -0.15) is 0 Å². The Morgan fingerprint density at radius 2 is 2.08 bits per heavy atom. The van der Waals surface area contributed by atoms with Gasteiger partial charge in [0.25, 0.3) is 0 Å². The van der Waals surface area contributed by atoms with Crippen molar-refractivity contribution in [1.29, 1.82) is 0 Å². The minimum atomic E-state index is -4.68. The fourth-order valence-electron chi connectivity index (χ4n) is 0.161. The summed E-state index contributed by atoms with van der Waals surface area (Å²) in [5, 5.41) is 8.66. The molecule has 5 nitrogen and oxygen atoms in total. The van der Waals surface area contributed by atoms with Gasteiger partial charge in [0, 0.05) is 12.0 Å². The minimum Gasteiger partial charge on any atom is -0.725 e. The van der Waals surface area contributed by atoms with E-state index in [4.69, 9.17) is 5.11 Å². The zero-order valence-electron chi connectivity index (χ0n) is 6.18. The molecule has 0 radical (unpaired) electrons. The Kier molecular flexibility index (Phi) is 14.2. The van der Waals surface area contributed by atoms with Crippen LogP contribution in [0, 0.1) is 0 Å². The second-order valence-corrected chi connectivity index (χ2v) is 3.53. The van der Waals surface area contributed by atoms with E-state index in [9.17, 15) is 13.0 Å². The molecular weight excluding hydrogens is 231 g/mol. The summed E-state index contributed by atoms with van der Waals surface area (Å²) in [7, 11) is -4.68. The maximum absolute atomic E-state index is 9.74. The van der Waals surface area contributed by atoms with Crippen LogP contribution < -0.4 is 29.6 Å². The molecule has 12 heavy (non-hydrogen) atoms. The van der Waals surface area contributed by atoms with Gasteiger partial charge in [0.05, 0.1) is 0 Å². The molecule has 0 heterocycles. The molecule has 0 spiro atoms. The summed E-state index contributed by atoms with van der Waals surface area (Å²) in [6.07, 6.45) is 0.320. The van der Waals surface area contributed by atoms with Crippen LogP contribution >= 0.6 is 12.0 Å². The molecule has 1 N–H and O–H groups in total. The van der Waals surface area contributed by atoms with Crippen LogP contribution in [0.1, 0.15) is 13.3 Å². The SMILES string of the molecule is CCC(O)SOS(=O)(=O)[O-].[Na+].[SiH4]. The Balaban J connectivity index is -0.000000405. The molecule has 0 aliphatic carbocycles. The van der Waals surface area contributed by atoms with Crippen molar-refractivity contribution in [1.82, 2.24) is 0 Å². The van der Waals surface area contributed by atoms with E-state index in [2.05, 4.69) is 3.63 Å². The molecular formula is C3H11NaO5S2Si. The number of hydrogen-bond acceptors (Lipinski definition) is 6. The third-order valence-corrected chi connectivity index (χ3v) is 2.12. The number of rotatable bonds is 4. The van der Waals surface area contributed by atoms with E-state index in [0.717, 1.165) is 0 Å². The Morgan fingerprint density at radius 1 is 1.67 bits per heavy atom. The zero-order valence-corrected chi connectivity index (χ0v) is 9.81. The quantitative estimate of drug-likeness (QED) is 0.175. The van der Waals surface area contributed by atoms with Crippen molar-refractivity contribution in [3.05, 3.63) is 0 Å². The molecule has 0 amide bonds. The average Bonchev–Trinajstić information content (AvgIpc) is 1.81. The van der Waals surface area contributed by atoms with E-state index in [1.807, 2.05) is 0 Å². The summed E-state index contributed by atoms with van der Waals surface area (Å²) >= 11 is 0.238. The van der Waals surface area contributed by atoms with Crippen LogP contribution in [-0.2, 0) is 14.0 Å². The maximum Gasteiger partial charge on any atom is 1.00 e. The van der Waals surface area contributed by atoms with Gasteiger partial charge in [-0.05, 0) is 17.4 Å². The Morgan fingerprint density at radius 3 is 2.33 bits per heavy atom. The number of aliphatic hydroxyl groups is 1. The summed E-state index contributed by atoms with van der Waals surface area (Å²) in [6, 6.07) is 0. The van der Waals surface area contributed by atoms with Crippen molar-refractivity contribution in [2.45, 2.75) is 18.8 Å². The van der Waals surface area contributed by atoms with Crippen LogP contribution in [-0.4, -0.2) is 34.5 Å². The molecule has 0 rings (SSSR count). The Labute approximate surface area is 103 Å². The molecule has 1 atom stereocenters. The van der Waals surface area contributed by atoms with Crippen molar-refractivity contribution in [3.8, 4) is 0 Å². The Bertz CT molecular complexity index is 183. The van der Waals surface area contributed by atoms with Gasteiger partial charge >= 0.3 is 29.6 Å². The molecule has 9 heteroatoms. The van der Waals surface area contributed by atoms with Crippen LogP contribution in [0.3, 0.4) is 0 Å². The van der Waals surface area contributed by atoms with Crippen molar-refractivity contribution < 1.29 is 51.3 Å². The molecule has 1 unspecified atom stereocenters. The first-order valence-electron chi connectivity index (χ1n) is 2.44. The molecule has 0 aliphatic rings. The molecule has 0 saturated heterocycles. The third-order valence-electron chi connectivity index (χ3n) is 0.583. The minimum absolute atomic E-state index is 0. The molecule has 70 valence electrons. The van der Waals surface area contributed by atoms with Crippen molar-refractivity contribution >= 4 is 33.4 Å². The average molecular weight is 242 g/mol. The first-order chi connectivity index (χ1) is 4.45. The molecule has 0 saturated carbocycles. The first kappa shape index (κ1) is 19.0. The van der Waals surface area contributed by atoms with Gasteiger partial charge in [-0.3, -0.25) is 0 Å². The largest absolute Gasteiger partial charge is 1.00 e. The summed E-state index contributed by atoms with van der Waals surface area (Å²) < 4.78 is 32.9. The van der Waals surface area contributed by atoms with E-state index < -0.39 is 15.8 Å². The van der Waals surface area contributed by atoms with Gasteiger partial charge in [-0.1, -0.05) is 6.92 Å². The number of hydrogen-bond donors (Lipinski definition) is 1. The van der Waals surface area contributed by atoms with Gasteiger partial charge < -0.3 is 9.66 Å². The van der Waals surface area contributed by atoms with E-state index in [1.54, 1.807) is 6.92 Å². The summed E-state index contributed by atoms with van der Waals surface area (Å²) in [6.45, 7) is 1.62. The Hall–Kier alpha value is 1.40. The summed E-state index contributed by atoms with van der Waals surface area (Å²) in [5.74, 6) is 0. The van der Waals surface area contributed by atoms with E-state index in [0.29, 0.717) is 6.42 Å². The van der Waals surface area contributed by atoms with E-state index in [-0.39, 0.29) is 52.6 Å². The standard InChI is InChI=1S/C3H8O5S2.Na.H4Si/c1-2-3(4)9-8-10(5,6)7;;/h3-4H,2H2,1H3,(H,5,6,7);;1H4/q;+1;/p-1. The molecule has 0 bridgehead atoms. The van der Waals surface area contributed by atoms with Gasteiger partial charge in [0.15, 0.2) is 0 Å². The van der Waals surface area contributed by atoms with Gasteiger partial charge in [-0.15, -0.1) is 0 Å². The summed E-state index contributed by atoms with van der Waals surface area (Å²) in [5.41, 5.74) is -0.969. The van der Waals surface area contributed by atoms with E-state index >= 15 is 0 Å². The number of aliphatic hydroxyl groups excluding tert-OH is 1.